The first-order valence-electron chi connectivity index (χ1n) is 5.43. The van der Waals surface area contributed by atoms with Gasteiger partial charge >= 0.3 is 0 Å². The summed E-state index contributed by atoms with van der Waals surface area (Å²) in [7, 11) is 0. The highest BCUT2D eigenvalue weighted by atomic mass is 16.3. The van der Waals surface area contributed by atoms with Gasteiger partial charge in [0.15, 0.2) is 0 Å². The Morgan fingerprint density at radius 1 is 1.12 bits per heavy atom. The van der Waals surface area contributed by atoms with Crippen LogP contribution in [0.15, 0.2) is 24.3 Å². The zero-order chi connectivity index (χ0) is 11.4. The molecule has 2 rings (SSSR count). The Hall–Kier alpha value is -1.73. The van der Waals surface area contributed by atoms with Gasteiger partial charge in [-0.2, -0.15) is 5.26 Å². The number of piperazine rings is 1. The molecule has 1 aromatic rings. The van der Waals surface area contributed by atoms with Crippen LogP contribution in [-0.4, -0.2) is 42.7 Å². The van der Waals surface area contributed by atoms with Gasteiger partial charge in [-0.05, 0) is 24.3 Å². The highest BCUT2D eigenvalue weighted by Gasteiger charge is 2.16. The molecule has 0 amide bonds. The van der Waals surface area contributed by atoms with Crippen LogP contribution in [0.4, 0.5) is 5.69 Å². The summed E-state index contributed by atoms with van der Waals surface area (Å²) in [4.78, 5) is 4.42. The number of aromatic hydroxyl groups is 1. The van der Waals surface area contributed by atoms with E-state index in [9.17, 15) is 5.11 Å². The Bertz CT molecular complexity index is 374. The van der Waals surface area contributed by atoms with Crippen LogP contribution >= 0.6 is 0 Å². The molecule has 0 unspecified atom stereocenters. The Morgan fingerprint density at radius 3 is 2.31 bits per heavy atom. The summed E-state index contributed by atoms with van der Waals surface area (Å²) >= 11 is 0. The minimum atomic E-state index is 0.298. The number of benzene rings is 1. The predicted molar refractivity (Wildman–Crippen MR) is 62.4 cm³/mol. The Morgan fingerprint density at radius 2 is 1.75 bits per heavy atom. The number of rotatable bonds is 2. The van der Waals surface area contributed by atoms with Crippen molar-refractivity contribution in [1.29, 1.82) is 5.26 Å². The molecule has 0 aliphatic carbocycles. The standard InChI is InChI=1S/C12H15N3O/c13-5-6-14-7-9-15(10-8-14)11-1-3-12(16)4-2-11/h1-4,16H,6-10H2. The maximum absolute atomic E-state index is 9.20. The first kappa shape index (κ1) is 10.8. The predicted octanol–water partition coefficient (Wildman–Crippen LogP) is 1.04. The van der Waals surface area contributed by atoms with Crippen LogP contribution in [-0.2, 0) is 0 Å². The molecule has 0 radical (unpaired) electrons. The topological polar surface area (TPSA) is 50.5 Å². The molecule has 0 spiro atoms. The molecule has 1 N–H and O–H groups in total. The number of hydrogen-bond donors (Lipinski definition) is 1. The van der Waals surface area contributed by atoms with Crippen molar-refractivity contribution < 1.29 is 5.11 Å². The van der Waals surface area contributed by atoms with E-state index in [2.05, 4.69) is 15.9 Å². The van der Waals surface area contributed by atoms with E-state index in [-0.39, 0.29) is 0 Å². The van der Waals surface area contributed by atoms with Crippen LogP contribution in [0.3, 0.4) is 0 Å². The van der Waals surface area contributed by atoms with E-state index in [1.54, 1.807) is 12.1 Å². The molecular formula is C12H15N3O. The van der Waals surface area contributed by atoms with Crippen molar-refractivity contribution in [3.63, 3.8) is 0 Å². The van der Waals surface area contributed by atoms with Crippen molar-refractivity contribution in [3.05, 3.63) is 24.3 Å². The van der Waals surface area contributed by atoms with Crippen LogP contribution in [0.2, 0.25) is 0 Å². The molecular weight excluding hydrogens is 202 g/mol. The normalized spacial score (nSPS) is 17.1. The molecule has 4 heteroatoms. The molecule has 16 heavy (non-hydrogen) atoms. The van der Waals surface area contributed by atoms with Crippen molar-refractivity contribution >= 4 is 5.69 Å². The smallest absolute Gasteiger partial charge is 0.115 e. The fourth-order valence-corrected chi connectivity index (χ4v) is 1.93. The zero-order valence-corrected chi connectivity index (χ0v) is 9.13. The van der Waals surface area contributed by atoms with E-state index in [0.29, 0.717) is 12.3 Å². The third-order valence-corrected chi connectivity index (χ3v) is 2.88. The van der Waals surface area contributed by atoms with E-state index in [1.807, 2.05) is 12.1 Å². The third-order valence-electron chi connectivity index (χ3n) is 2.88. The van der Waals surface area contributed by atoms with Gasteiger partial charge < -0.3 is 10.0 Å². The lowest BCUT2D eigenvalue weighted by Crippen LogP contribution is -2.46. The summed E-state index contributed by atoms with van der Waals surface area (Å²) in [5.74, 6) is 0.298. The van der Waals surface area contributed by atoms with Gasteiger partial charge in [-0.25, -0.2) is 0 Å². The number of phenols is 1. The monoisotopic (exact) mass is 217 g/mol. The van der Waals surface area contributed by atoms with E-state index < -0.39 is 0 Å². The number of nitrogens with zero attached hydrogens (tertiary/aromatic N) is 3. The van der Waals surface area contributed by atoms with Crippen molar-refractivity contribution in [2.45, 2.75) is 0 Å². The maximum Gasteiger partial charge on any atom is 0.115 e. The van der Waals surface area contributed by atoms with E-state index in [1.165, 1.54) is 0 Å². The molecule has 1 fully saturated rings. The largest absolute Gasteiger partial charge is 0.508 e. The SMILES string of the molecule is N#CCN1CCN(c2ccc(O)cc2)CC1. The van der Waals surface area contributed by atoms with Gasteiger partial charge in [-0.1, -0.05) is 0 Å². The van der Waals surface area contributed by atoms with Crippen molar-refractivity contribution in [2.75, 3.05) is 37.6 Å². The molecule has 0 bridgehead atoms. The quantitative estimate of drug-likeness (QED) is 0.752. The Balaban J connectivity index is 1.94. The van der Waals surface area contributed by atoms with Crippen molar-refractivity contribution in [2.24, 2.45) is 0 Å². The summed E-state index contributed by atoms with van der Waals surface area (Å²) in [6.45, 7) is 4.24. The van der Waals surface area contributed by atoms with Gasteiger partial charge in [0, 0.05) is 31.9 Å². The average molecular weight is 217 g/mol. The summed E-state index contributed by atoms with van der Waals surface area (Å²) < 4.78 is 0. The van der Waals surface area contributed by atoms with Crippen LogP contribution in [0.25, 0.3) is 0 Å². The molecule has 84 valence electrons. The van der Waals surface area contributed by atoms with Gasteiger partial charge in [0.2, 0.25) is 0 Å². The lowest BCUT2D eigenvalue weighted by atomic mass is 10.2. The maximum atomic E-state index is 9.20. The van der Waals surface area contributed by atoms with Gasteiger partial charge in [-0.3, -0.25) is 4.90 Å². The zero-order valence-electron chi connectivity index (χ0n) is 9.13. The molecule has 0 atom stereocenters. The highest BCUT2D eigenvalue weighted by molar-refractivity contribution is 5.49. The Labute approximate surface area is 95.3 Å². The third kappa shape index (κ3) is 2.44. The van der Waals surface area contributed by atoms with Gasteiger partial charge in [-0.15, -0.1) is 0 Å². The second-order valence-electron chi connectivity index (χ2n) is 3.94. The number of hydrogen-bond acceptors (Lipinski definition) is 4. The molecule has 1 aliphatic rings. The van der Waals surface area contributed by atoms with Crippen LogP contribution in [0.1, 0.15) is 0 Å². The van der Waals surface area contributed by atoms with Crippen molar-refractivity contribution in [3.8, 4) is 11.8 Å². The van der Waals surface area contributed by atoms with Crippen LogP contribution in [0, 0.1) is 11.3 Å². The minimum absolute atomic E-state index is 0.298. The van der Waals surface area contributed by atoms with E-state index in [0.717, 1.165) is 31.9 Å². The van der Waals surface area contributed by atoms with Gasteiger partial charge in [0.05, 0.1) is 12.6 Å². The first-order chi connectivity index (χ1) is 7.79. The molecule has 0 saturated carbocycles. The van der Waals surface area contributed by atoms with Gasteiger partial charge in [0.1, 0.15) is 5.75 Å². The highest BCUT2D eigenvalue weighted by Crippen LogP contribution is 2.19. The fourth-order valence-electron chi connectivity index (χ4n) is 1.93. The fraction of sp³-hybridized carbons (Fsp3) is 0.417. The summed E-state index contributed by atoms with van der Waals surface area (Å²) in [6, 6.07) is 9.44. The number of nitriles is 1. The summed E-state index contributed by atoms with van der Waals surface area (Å²) in [5.41, 5.74) is 1.13. The lowest BCUT2D eigenvalue weighted by Gasteiger charge is -2.34. The van der Waals surface area contributed by atoms with Crippen molar-refractivity contribution in [1.82, 2.24) is 4.90 Å². The molecule has 1 saturated heterocycles. The first-order valence-corrected chi connectivity index (χ1v) is 5.43. The van der Waals surface area contributed by atoms with Gasteiger partial charge in [0.25, 0.3) is 0 Å². The molecule has 0 aromatic heterocycles. The molecule has 1 aromatic carbocycles. The van der Waals surface area contributed by atoms with E-state index >= 15 is 0 Å². The summed E-state index contributed by atoms with van der Waals surface area (Å²) in [6.07, 6.45) is 0. The van der Waals surface area contributed by atoms with Crippen LogP contribution in [0.5, 0.6) is 5.75 Å². The number of anilines is 1. The Kier molecular flexibility index (Phi) is 3.28. The molecule has 1 heterocycles. The second kappa shape index (κ2) is 4.86. The van der Waals surface area contributed by atoms with E-state index in [4.69, 9.17) is 5.26 Å². The second-order valence-corrected chi connectivity index (χ2v) is 3.94. The molecule has 1 aliphatic heterocycles. The minimum Gasteiger partial charge on any atom is -0.508 e. The average Bonchev–Trinajstić information content (AvgIpc) is 2.32. The summed E-state index contributed by atoms with van der Waals surface area (Å²) in [5, 5.41) is 17.8. The van der Waals surface area contributed by atoms with Crippen LogP contribution < -0.4 is 4.90 Å². The number of phenolic OH excluding ortho intramolecular Hbond substituents is 1. The molecule has 4 nitrogen and oxygen atoms in total. The lowest BCUT2D eigenvalue weighted by molar-refractivity contribution is 0.287.